The number of rotatable bonds is 5. The maximum Gasteiger partial charge on any atom is 0.407 e. The second-order valence-electron chi connectivity index (χ2n) is 3.79. The van der Waals surface area contributed by atoms with Gasteiger partial charge in [0.1, 0.15) is 0 Å². The van der Waals surface area contributed by atoms with Crippen LogP contribution in [0, 0.1) is 0 Å². The topological polar surface area (TPSA) is 115 Å². The summed E-state index contributed by atoms with van der Waals surface area (Å²) in [4.78, 5) is 33.8. The third-order valence-electron chi connectivity index (χ3n) is 2.57. The molecule has 19 heavy (non-hydrogen) atoms. The van der Waals surface area contributed by atoms with Crippen molar-refractivity contribution < 1.29 is 29.7 Å². The van der Waals surface area contributed by atoms with E-state index in [1.54, 1.807) is 6.92 Å². The monoisotopic (exact) mass is 267 g/mol. The number of hydrogen-bond acceptors (Lipinski definition) is 3. The Hall–Kier alpha value is -2.57. The van der Waals surface area contributed by atoms with E-state index in [0.29, 0.717) is 5.56 Å². The first kappa shape index (κ1) is 14.5. The third kappa shape index (κ3) is 3.44. The lowest BCUT2D eigenvalue weighted by atomic mass is 10.0. The second-order valence-corrected chi connectivity index (χ2v) is 3.79. The summed E-state index contributed by atoms with van der Waals surface area (Å²) in [5.74, 6) is -2.70. The molecule has 7 nitrogen and oxygen atoms in total. The van der Waals surface area contributed by atoms with Gasteiger partial charge in [0.15, 0.2) is 0 Å². The molecule has 0 aromatic heterocycles. The molecule has 0 saturated carbocycles. The van der Waals surface area contributed by atoms with Crippen LogP contribution >= 0.6 is 0 Å². The normalized spacial score (nSPS) is 9.95. The van der Waals surface area contributed by atoms with Crippen molar-refractivity contribution in [3.63, 3.8) is 0 Å². The zero-order valence-electron chi connectivity index (χ0n) is 10.2. The summed E-state index contributed by atoms with van der Waals surface area (Å²) in [6, 6.07) is 3.75. The fourth-order valence-electron chi connectivity index (χ4n) is 1.59. The van der Waals surface area contributed by atoms with Crippen molar-refractivity contribution in [3.8, 4) is 0 Å². The van der Waals surface area contributed by atoms with Crippen LogP contribution in [0.5, 0.6) is 0 Å². The number of aromatic carboxylic acids is 2. The molecule has 0 radical (unpaired) electrons. The van der Waals surface area contributed by atoms with Gasteiger partial charge in [-0.3, -0.25) is 0 Å². The molecule has 3 N–H and O–H groups in total. The van der Waals surface area contributed by atoms with Gasteiger partial charge in [-0.05, 0) is 24.6 Å². The molecule has 1 rings (SSSR count). The zero-order valence-corrected chi connectivity index (χ0v) is 10.2. The molecule has 0 atom stereocenters. The Labute approximate surface area is 108 Å². The molecule has 0 unspecified atom stereocenters. The van der Waals surface area contributed by atoms with Crippen molar-refractivity contribution >= 4 is 18.0 Å². The Balaban J connectivity index is 3.12. The Bertz CT molecular complexity index is 525. The number of carbonyl (C=O) groups is 3. The van der Waals surface area contributed by atoms with Gasteiger partial charge in [0.2, 0.25) is 0 Å². The van der Waals surface area contributed by atoms with Crippen molar-refractivity contribution in [2.24, 2.45) is 0 Å². The first-order valence-electron chi connectivity index (χ1n) is 5.44. The van der Waals surface area contributed by atoms with Gasteiger partial charge in [0.05, 0.1) is 11.1 Å². The van der Waals surface area contributed by atoms with E-state index < -0.39 is 18.0 Å². The molecule has 7 heteroatoms. The van der Waals surface area contributed by atoms with Crippen LogP contribution in [0.25, 0.3) is 0 Å². The highest BCUT2D eigenvalue weighted by molar-refractivity contribution is 6.01. The molecule has 1 aromatic carbocycles. The van der Waals surface area contributed by atoms with Crippen LogP contribution in [0.15, 0.2) is 18.2 Å². The van der Waals surface area contributed by atoms with Gasteiger partial charge in [-0.2, -0.15) is 0 Å². The number of benzene rings is 1. The Morgan fingerprint density at radius 1 is 1.05 bits per heavy atom. The van der Waals surface area contributed by atoms with Crippen molar-refractivity contribution in [2.45, 2.75) is 13.5 Å². The summed E-state index contributed by atoms with van der Waals surface area (Å²) >= 11 is 0. The van der Waals surface area contributed by atoms with E-state index in [9.17, 15) is 14.4 Å². The summed E-state index contributed by atoms with van der Waals surface area (Å²) in [5, 5.41) is 26.7. The van der Waals surface area contributed by atoms with Crippen LogP contribution in [-0.2, 0) is 6.54 Å². The van der Waals surface area contributed by atoms with Crippen molar-refractivity contribution in [3.05, 3.63) is 34.9 Å². The van der Waals surface area contributed by atoms with Crippen LogP contribution in [-0.4, -0.2) is 44.8 Å². The van der Waals surface area contributed by atoms with Gasteiger partial charge in [0.25, 0.3) is 0 Å². The Morgan fingerprint density at radius 3 is 2.05 bits per heavy atom. The van der Waals surface area contributed by atoms with E-state index in [1.165, 1.54) is 12.1 Å². The molecule has 0 aliphatic rings. The van der Waals surface area contributed by atoms with E-state index in [-0.39, 0.29) is 24.2 Å². The summed E-state index contributed by atoms with van der Waals surface area (Å²) in [6.07, 6.45) is -1.12. The molecule has 102 valence electrons. The first-order chi connectivity index (χ1) is 8.86. The first-order valence-corrected chi connectivity index (χ1v) is 5.44. The molecular formula is C12H13NO6. The lowest BCUT2D eigenvalue weighted by molar-refractivity contribution is 0.0651. The molecule has 0 spiro atoms. The van der Waals surface area contributed by atoms with E-state index in [2.05, 4.69) is 0 Å². The summed E-state index contributed by atoms with van der Waals surface area (Å²) in [5.41, 5.74) is -0.257. The second kappa shape index (κ2) is 5.85. The number of nitrogens with zero attached hydrogens (tertiary/aromatic N) is 1. The third-order valence-corrected chi connectivity index (χ3v) is 2.57. The van der Waals surface area contributed by atoms with Gasteiger partial charge in [-0.1, -0.05) is 6.07 Å². The van der Waals surface area contributed by atoms with Crippen LogP contribution < -0.4 is 0 Å². The van der Waals surface area contributed by atoms with Crippen molar-refractivity contribution in [1.29, 1.82) is 0 Å². The predicted octanol–water partition coefficient (Wildman–Crippen LogP) is 1.58. The lowest BCUT2D eigenvalue weighted by Gasteiger charge is -2.17. The molecule has 0 aliphatic carbocycles. The fraction of sp³-hybridized carbons (Fsp3) is 0.250. The average molecular weight is 267 g/mol. The lowest BCUT2D eigenvalue weighted by Crippen LogP contribution is -2.28. The number of carboxylic acid groups (broad SMARTS) is 3. The number of amides is 1. The summed E-state index contributed by atoms with van der Waals surface area (Å²) in [7, 11) is 0. The van der Waals surface area contributed by atoms with Crippen LogP contribution in [0.4, 0.5) is 4.79 Å². The maximum absolute atomic E-state index is 11.0. The van der Waals surface area contributed by atoms with Gasteiger partial charge in [-0.25, -0.2) is 14.4 Å². The Kier molecular flexibility index (Phi) is 4.46. The SMILES string of the molecule is CCN(Cc1ccc(C(=O)O)c(C(=O)O)c1)C(=O)O. The highest BCUT2D eigenvalue weighted by Gasteiger charge is 2.18. The van der Waals surface area contributed by atoms with Crippen LogP contribution in [0.2, 0.25) is 0 Å². The molecule has 1 amide bonds. The molecule has 0 saturated heterocycles. The number of hydrogen-bond donors (Lipinski definition) is 3. The standard InChI is InChI=1S/C12H13NO6/c1-2-13(12(18)19)6-7-3-4-8(10(14)15)9(5-7)11(16)17/h3-5H,2,6H2,1H3,(H,14,15)(H,16,17)(H,18,19). The predicted molar refractivity (Wildman–Crippen MR) is 64.5 cm³/mol. The van der Waals surface area contributed by atoms with E-state index in [0.717, 1.165) is 11.0 Å². The van der Waals surface area contributed by atoms with Crippen molar-refractivity contribution in [2.75, 3.05) is 6.54 Å². The van der Waals surface area contributed by atoms with E-state index >= 15 is 0 Å². The highest BCUT2D eigenvalue weighted by atomic mass is 16.4. The minimum absolute atomic E-state index is 0.00596. The van der Waals surface area contributed by atoms with Gasteiger partial charge in [0, 0.05) is 13.1 Å². The van der Waals surface area contributed by atoms with Gasteiger partial charge in [-0.15, -0.1) is 0 Å². The minimum Gasteiger partial charge on any atom is -0.478 e. The molecule has 0 heterocycles. The van der Waals surface area contributed by atoms with E-state index in [4.69, 9.17) is 15.3 Å². The quantitative estimate of drug-likeness (QED) is 0.746. The van der Waals surface area contributed by atoms with Crippen LogP contribution in [0.1, 0.15) is 33.2 Å². The molecule has 0 fully saturated rings. The fourth-order valence-corrected chi connectivity index (χ4v) is 1.59. The molecular weight excluding hydrogens is 254 g/mol. The molecule has 0 bridgehead atoms. The maximum atomic E-state index is 11.0. The summed E-state index contributed by atoms with van der Waals surface area (Å²) < 4.78 is 0. The average Bonchev–Trinajstić information content (AvgIpc) is 2.34. The van der Waals surface area contributed by atoms with Crippen molar-refractivity contribution in [1.82, 2.24) is 4.90 Å². The smallest absolute Gasteiger partial charge is 0.407 e. The summed E-state index contributed by atoms with van der Waals surface area (Å²) in [6.45, 7) is 1.91. The zero-order chi connectivity index (χ0) is 14.6. The van der Waals surface area contributed by atoms with E-state index in [1.807, 2.05) is 0 Å². The molecule has 0 aliphatic heterocycles. The number of carboxylic acids is 2. The molecule has 1 aromatic rings. The Morgan fingerprint density at radius 2 is 1.63 bits per heavy atom. The van der Waals surface area contributed by atoms with Gasteiger partial charge < -0.3 is 20.2 Å². The van der Waals surface area contributed by atoms with Crippen LogP contribution in [0.3, 0.4) is 0 Å². The van der Waals surface area contributed by atoms with Gasteiger partial charge >= 0.3 is 18.0 Å². The highest BCUT2D eigenvalue weighted by Crippen LogP contribution is 2.14. The largest absolute Gasteiger partial charge is 0.478 e. The minimum atomic E-state index is -1.36.